The van der Waals surface area contributed by atoms with Crippen molar-refractivity contribution in [1.82, 2.24) is 25.5 Å². The Balaban J connectivity index is 1.24. The Morgan fingerprint density at radius 1 is 1.22 bits per heavy atom. The normalized spacial score (nSPS) is 17.7. The zero-order chi connectivity index (χ0) is 15.6. The van der Waals surface area contributed by atoms with Gasteiger partial charge in [-0.3, -0.25) is 9.78 Å². The lowest BCUT2D eigenvalue weighted by molar-refractivity contribution is 0.0939. The van der Waals surface area contributed by atoms with E-state index in [-0.39, 0.29) is 5.91 Å². The molecule has 0 bridgehead atoms. The molecular weight excluding hydrogens is 292 g/mol. The first-order valence-electron chi connectivity index (χ1n) is 7.92. The fourth-order valence-corrected chi connectivity index (χ4v) is 2.73. The second kappa shape index (κ2) is 5.91. The number of nitrogens with one attached hydrogen (secondary N) is 1. The number of hydrogen-bond donors (Lipinski definition) is 1. The molecule has 1 saturated heterocycles. The van der Waals surface area contributed by atoms with E-state index < -0.39 is 0 Å². The molecular formula is C16H18N6O. The molecule has 7 nitrogen and oxygen atoms in total. The van der Waals surface area contributed by atoms with E-state index in [9.17, 15) is 4.79 Å². The highest BCUT2D eigenvalue weighted by Gasteiger charge is 2.29. The van der Waals surface area contributed by atoms with Gasteiger partial charge in [-0.15, -0.1) is 5.10 Å². The van der Waals surface area contributed by atoms with Gasteiger partial charge in [0.2, 0.25) is 0 Å². The Morgan fingerprint density at radius 3 is 2.74 bits per heavy atom. The van der Waals surface area contributed by atoms with Crippen LogP contribution in [0.4, 0.5) is 5.82 Å². The summed E-state index contributed by atoms with van der Waals surface area (Å²) in [7, 11) is 0. The summed E-state index contributed by atoms with van der Waals surface area (Å²) in [4.78, 5) is 22.0. The Bertz CT molecular complexity index is 679. The average Bonchev–Trinajstić information content (AvgIpc) is 3.39. The van der Waals surface area contributed by atoms with Crippen molar-refractivity contribution in [3.05, 3.63) is 42.1 Å². The van der Waals surface area contributed by atoms with Gasteiger partial charge in [0.15, 0.2) is 5.82 Å². The lowest BCUT2D eigenvalue weighted by atomic mass is 10.00. The highest BCUT2D eigenvalue weighted by Crippen LogP contribution is 2.38. The quantitative estimate of drug-likeness (QED) is 0.887. The summed E-state index contributed by atoms with van der Waals surface area (Å²) in [5.41, 5.74) is 1.47. The van der Waals surface area contributed by atoms with Crippen molar-refractivity contribution in [3.63, 3.8) is 0 Å². The van der Waals surface area contributed by atoms with E-state index in [0.29, 0.717) is 24.1 Å². The number of carbonyl (C=O) groups is 1. The molecule has 0 unspecified atom stereocenters. The zero-order valence-corrected chi connectivity index (χ0v) is 12.7. The van der Waals surface area contributed by atoms with Crippen molar-refractivity contribution in [2.24, 2.45) is 5.92 Å². The zero-order valence-electron chi connectivity index (χ0n) is 12.7. The molecule has 3 heterocycles. The minimum Gasteiger partial charge on any atom is -0.354 e. The van der Waals surface area contributed by atoms with Crippen LogP contribution in [-0.4, -0.2) is 45.7 Å². The highest BCUT2D eigenvalue weighted by atomic mass is 16.1. The molecule has 1 aliphatic carbocycles. The predicted octanol–water partition coefficient (Wildman–Crippen LogP) is 1.01. The third kappa shape index (κ3) is 3.13. The monoisotopic (exact) mass is 310 g/mol. The number of hydrogen-bond acceptors (Lipinski definition) is 6. The summed E-state index contributed by atoms with van der Waals surface area (Å²) in [5, 5.41) is 11.5. The van der Waals surface area contributed by atoms with Crippen LogP contribution in [0, 0.1) is 5.92 Å². The van der Waals surface area contributed by atoms with E-state index in [1.54, 1.807) is 6.20 Å². The van der Waals surface area contributed by atoms with Crippen molar-refractivity contribution < 1.29 is 4.79 Å². The molecule has 0 spiro atoms. The number of rotatable bonds is 5. The molecule has 2 aliphatic rings. The maximum absolute atomic E-state index is 11.9. The fourth-order valence-electron chi connectivity index (χ4n) is 2.73. The minimum atomic E-state index is -0.176. The first-order chi connectivity index (χ1) is 11.3. The van der Waals surface area contributed by atoms with Crippen molar-refractivity contribution in [1.29, 1.82) is 0 Å². The van der Waals surface area contributed by atoms with Gasteiger partial charge in [0, 0.05) is 43.9 Å². The number of amides is 1. The predicted molar refractivity (Wildman–Crippen MR) is 84.1 cm³/mol. The molecule has 2 aromatic heterocycles. The van der Waals surface area contributed by atoms with Crippen LogP contribution < -0.4 is 10.2 Å². The molecule has 1 aliphatic heterocycles. The lowest BCUT2D eigenvalue weighted by Crippen LogP contribution is -2.52. The average molecular weight is 310 g/mol. The number of anilines is 1. The molecule has 1 N–H and O–H groups in total. The van der Waals surface area contributed by atoms with Crippen LogP contribution in [0.1, 0.15) is 34.9 Å². The second-order valence-corrected chi connectivity index (χ2v) is 6.16. The molecule has 2 aromatic rings. The number of carbonyl (C=O) groups excluding carboxylic acids is 1. The molecule has 23 heavy (non-hydrogen) atoms. The van der Waals surface area contributed by atoms with Crippen LogP contribution in [0.5, 0.6) is 0 Å². The highest BCUT2D eigenvalue weighted by molar-refractivity contribution is 5.91. The molecule has 118 valence electrons. The summed E-state index contributed by atoms with van der Waals surface area (Å²) in [5.74, 6) is 1.81. The molecule has 4 rings (SSSR count). The topological polar surface area (TPSA) is 83.9 Å². The van der Waals surface area contributed by atoms with Gasteiger partial charge in [-0.05, 0) is 25.0 Å². The first kappa shape index (κ1) is 14.0. The van der Waals surface area contributed by atoms with Crippen LogP contribution in [0.3, 0.4) is 0 Å². The third-order valence-electron chi connectivity index (χ3n) is 4.29. The van der Waals surface area contributed by atoms with E-state index in [4.69, 9.17) is 0 Å². The minimum absolute atomic E-state index is 0.176. The van der Waals surface area contributed by atoms with Gasteiger partial charge in [0.25, 0.3) is 5.91 Å². The third-order valence-corrected chi connectivity index (χ3v) is 4.29. The molecule has 1 saturated carbocycles. The molecule has 1 amide bonds. The summed E-state index contributed by atoms with van der Waals surface area (Å²) < 4.78 is 0. The van der Waals surface area contributed by atoms with Gasteiger partial charge in [-0.1, -0.05) is 0 Å². The SMILES string of the molecule is O=C(NCC1CN(c2ccc(C3CC3)nn2)C1)c1cnccn1. The maximum atomic E-state index is 11.9. The molecule has 0 radical (unpaired) electrons. The summed E-state index contributed by atoms with van der Waals surface area (Å²) in [6.07, 6.45) is 7.02. The lowest BCUT2D eigenvalue weighted by Gasteiger charge is -2.39. The number of aromatic nitrogens is 4. The van der Waals surface area contributed by atoms with E-state index in [0.717, 1.165) is 24.6 Å². The standard InChI is InChI=1S/C16H18N6O/c23-16(14-8-17-5-6-18-14)19-7-11-9-22(10-11)15-4-3-13(20-21-15)12-1-2-12/h3-6,8,11-12H,1-2,7,9-10H2,(H,19,23). The Labute approximate surface area is 134 Å². The summed E-state index contributed by atoms with van der Waals surface area (Å²) in [6.45, 7) is 2.41. The van der Waals surface area contributed by atoms with E-state index in [1.807, 2.05) is 0 Å². The van der Waals surface area contributed by atoms with Crippen LogP contribution in [0.15, 0.2) is 30.7 Å². The molecule has 0 atom stereocenters. The Morgan fingerprint density at radius 2 is 2.09 bits per heavy atom. The second-order valence-electron chi connectivity index (χ2n) is 6.16. The molecule has 7 heteroatoms. The van der Waals surface area contributed by atoms with Crippen molar-refractivity contribution >= 4 is 11.7 Å². The van der Waals surface area contributed by atoms with Crippen molar-refractivity contribution in [2.45, 2.75) is 18.8 Å². The van der Waals surface area contributed by atoms with Gasteiger partial charge in [-0.25, -0.2) is 4.98 Å². The summed E-state index contributed by atoms with van der Waals surface area (Å²) >= 11 is 0. The first-order valence-corrected chi connectivity index (χ1v) is 7.92. The van der Waals surface area contributed by atoms with Crippen LogP contribution in [-0.2, 0) is 0 Å². The van der Waals surface area contributed by atoms with Crippen LogP contribution in [0.25, 0.3) is 0 Å². The fraction of sp³-hybridized carbons (Fsp3) is 0.438. The Hall–Kier alpha value is -2.57. The molecule has 2 fully saturated rings. The van der Waals surface area contributed by atoms with Gasteiger partial charge < -0.3 is 10.2 Å². The van der Waals surface area contributed by atoms with Crippen molar-refractivity contribution in [3.8, 4) is 0 Å². The maximum Gasteiger partial charge on any atom is 0.271 e. The Kier molecular flexibility index (Phi) is 3.61. The van der Waals surface area contributed by atoms with Gasteiger partial charge >= 0.3 is 0 Å². The largest absolute Gasteiger partial charge is 0.354 e. The van der Waals surface area contributed by atoms with Gasteiger partial charge in [-0.2, -0.15) is 5.10 Å². The van der Waals surface area contributed by atoms with Gasteiger partial charge in [0.1, 0.15) is 5.69 Å². The van der Waals surface area contributed by atoms with E-state index in [1.165, 1.54) is 25.2 Å². The van der Waals surface area contributed by atoms with Crippen LogP contribution >= 0.6 is 0 Å². The van der Waals surface area contributed by atoms with Crippen LogP contribution in [0.2, 0.25) is 0 Å². The van der Waals surface area contributed by atoms with Crippen molar-refractivity contribution in [2.75, 3.05) is 24.5 Å². The van der Waals surface area contributed by atoms with E-state index >= 15 is 0 Å². The van der Waals surface area contributed by atoms with Gasteiger partial charge in [0.05, 0.1) is 11.9 Å². The smallest absolute Gasteiger partial charge is 0.271 e. The number of nitrogens with zero attached hydrogens (tertiary/aromatic N) is 5. The van der Waals surface area contributed by atoms with E-state index in [2.05, 4.69) is 42.5 Å². The molecule has 0 aromatic carbocycles. The summed E-state index contributed by atoms with van der Waals surface area (Å²) in [6, 6.07) is 4.14.